The maximum absolute atomic E-state index is 13.8. The molecule has 116 valence electrons. The van der Waals surface area contributed by atoms with Crippen LogP contribution in [0.2, 0.25) is 0 Å². The smallest absolute Gasteiger partial charge is 0.327 e. The lowest BCUT2D eigenvalue weighted by Gasteiger charge is -2.25. The molecule has 0 radical (unpaired) electrons. The predicted molar refractivity (Wildman–Crippen MR) is 72.4 cm³/mol. The zero-order chi connectivity index (χ0) is 16.0. The van der Waals surface area contributed by atoms with Crippen LogP contribution < -0.4 is 5.48 Å². The van der Waals surface area contributed by atoms with E-state index in [-0.39, 0.29) is 24.5 Å². The van der Waals surface area contributed by atoms with Crippen LogP contribution in [-0.2, 0) is 24.5 Å². The van der Waals surface area contributed by atoms with E-state index >= 15 is 0 Å². The number of benzene rings is 1. The van der Waals surface area contributed by atoms with Gasteiger partial charge in [0, 0.05) is 0 Å². The molecule has 1 aromatic rings. The minimum atomic E-state index is -1.78. The number of esters is 2. The van der Waals surface area contributed by atoms with Gasteiger partial charge in [-0.1, -0.05) is 6.07 Å². The fraction of sp³-hybridized carbons (Fsp3) is 0.429. The van der Waals surface area contributed by atoms with E-state index in [1.54, 1.807) is 19.3 Å². The van der Waals surface area contributed by atoms with E-state index < -0.39 is 23.2 Å². The predicted octanol–water partition coefficient (Wildman–Crippen LogP) is 2.01. The van der Waals surface area contributed by atoms with Gasteiger partial charge in [0.2, 0.25) is 0 Å². The molecule has 21 heavy (non-hydrogen) atoms. The molecule has 0 spiro atoms. The van der Waals surface area contributed by atoms with Crippen LogP contribution in [0.4, 0.5) is 10.1 Å². The van der Waals surface area contributed by atoms with Gasteiger partial charge in [0.1, 0.15) is 5.82 Å². The molecule has 0 atom stereocenters. The van der Waals surface area contributed by atoms with Gasteiger partial charge in [0.05, 0.1) is 18.9 Å². The number of ether oxygens (including phenoxy) is 2. The average Bonchev–Trinajstić information content (AvgIpc) is 2.46. The molecule has 7 heteroatoms. The minimum Gasteiger partial charge on any atom is -0.465 e. The van der Waals surface area contributed by atoms with Crippen LogP contribution in [0, 0.1) is 5.82 Å². The summed E-state index contributed by atoms with van der Waals surface area (Å²) < 4.78 is 23.5. The Kier molecular flexibility index (Phi) is 5.66. The van der Waals surface area contributed by atoms with Crippen molar-refractivity contribution >= 4 is 17.6 Å². The van der Waals surface area contributed by atoms with E-state index in [1.165, 1.54) is 19.1 Å². The fourth-order valence-electron chi connectivity index (χ4n) is 1.79. The Bertz CT molecular complexity index is 514. The number of hydrogen-bond acceptors (Lipinski definition) is 6. The molecule has 6 nitrogen and oxygen atoms in total. The van der Waals surface area contributed by atoms with Crippen LogP contribution in [-0.4, -0.2) is 30.4 Å². The second-order valence-electron chi connectivity index (χ2n) is 4.37. The second kappa shape index (κ2) is 7.03. The number of halogens is 1. The Labute approximate surface area is 121 Å². The van der Waals surface area contributed by atoms with Gasteiger partial charge in [-0.3, -0.25) is 20.3 Å². The molecule has 0 aromatic heterocycles. The first-order valence-corrected chi connectivity index (χ1v) is 6.46. The van der Waals surface area contributed by atoms with E-state index in [4.69, 9.17) is 14.7 Å². The largest absolute Gasteiger partial charge is 0.465 e. The Hall–Kier alpha value is -2.15. The topological polar surface area (TPSA) is 84.9 Å². The zero-order valence-corrected chi connectivity index (χ0v) is 12.1. The molecule has 0 saturated heterocycles. The number of carbonyl (C=O) groups excluding carboxylic acids is 2. The Balaban J connectivity index is 3.33. The normalized spacial score (nSPS) is 10.9. The third-order valence-corrected chi connectivity index (χ3v) is 3.03. The summed E-state index contributed by atoms with van der Waals surface area (Å²) in [7, 11) is 0. The average molecular weight is 299 g/mol. The van der Waals surface area contributed by atoms with Crippen LogP contribution in [0.3, 0.4) is 0 Å². The highest BCUT2D eigenvalue weighted by Gasteiger charge is 2.46. The van der Waals surface area contributed by atoms with E-state index in [0.29, 0.717) is 0 Å². The van der Waals surface area contributed by atoms with Gasteiger partial charge in [-0.15, -0.1) is 0 Å². The van der Waals surface area contributed by atoms with Crippen LogP contribution in [0.5, 0.6) is 0 Å². The molecule has 0 aliphatic carbocycles. The summed E-state index contributed by atoms with van der Waals surface area (Å²) in [5.74, 6) is -2.46. The molecule has 0 saturated carbocycles. The standard InChI is InChI=1S/C14H18FNO5/c1-4-20-12(17)14(3,13(18)21-5-2)9-6-7-11(16-19)10(15)8-9/h6-8,16,19H,4-5H2,1-3H3. The van der Waals surface area contributed by atoms with Crippen molar-refractivity contribution < 1.29 is 28.7 Å². The molecule has 0 aliphatic heterocycles. The van der Waals surface area contributed by atoms with Crippen molar-refractivity contribution in [1.29, 1.82) is 0 Å². The lowest BCUT2D eigenvalue weighted by atomic mass is 9.82. The van der Waals surface area contributed by atoms with E-state index in [1.807, 2.05) is 0 Å². The Morgan fingerprint density at radius 3 is 2.14 bits per heavy atom. The highest BCUT2D eigenvalue weighted by Crippen LogP contribution is 2.30. The summed E-state index contributed by atoms with van der Waals surface area (Å²) in [6.07, 6.45) is 0. The third kappa shape index (κ3) is 3.30. The van der Waals surface area contributed by atoms with E-state index in [0.717, 1.165) is 6.07 Å². The van der Waals surface area contributed by atoms with Gasteiger partial charge in [-0.05, 0) is 38.5 Å². The lowest BCUT2D eigenvalue weighted by Crippen LogP contribution is -2.43. The summed E-state index contributed by atoms with van der Waals surface area (Å²) in [6, 6.07) is 3.53. The van der Waals surface area contributed by atoms with Crippen molar-refractivity contribution in [2.24, 2.45) is 0 Å². The molecule has 0 bridgehead atoms. The highest BCUT2D eigenvalue weighted by molar-refractivity contribution is 6.05. The van der Waals surface area contributed by atoms with Crippen molar-refractivity contribution in [2.75, 3.05) is 18.7 Å². The molecule has 0 aliphatic rings. The monoisotopic (exact) mass is 299 g/mol. The number of hydrogen-bond donors (Lipinski definition) is 2. The molecule has 0 unspecified atom stereocenters. The zero-order valence-electron chi connectivity index (χ0n) is 12.1. The first-order chi connectivity index (χ1) is 9.91. The van der Waals surface area contributed by atoms with Gasteiger partial charge < -0.3 is 9.47 Å². The molecule has 0 fully saturated rings. The maximum atomic E-state index is 13.8. The van der Waals surface area contributed by atoms with Crippen LogP contribution in [0.25, 0.3) is 0 Å². The van der Waals surface area contributed by atoms with Gasteiger partial charge in [-0.2, -0.15) is 0 Å². The molecule has 1 rings (SSSR count). The van der Waals surface area contributed by atoms with Gasteiger partial charge >= 0.3 is 11.9 Å². The number of carbonyl (C=O) groups is 2. The van der Waals surface area contributed by atoms with Crippen LogP contribution >= 0.6 is 0 Å². The van der Waals surface area contributed by atoms with Crippen molar-refractivity contribution in [3.05, 3.63) is 29.6 Å². The summed E-state index contributed by atoms with van der Waals surface area (Å²) in [5, 5.41) is 8.73. The Morgan fingerprint density at radius 1 is 1.24 bits per heavy atom. The Morgan fingerprint density at radius 2 is 1.76 bits per heavy atom. The molecule has 0 heterocycles. The lowest BCUT2D eigenvalue weighted by molar-refractivity contribution is -0.163. The highest BCUT2D eigenvalue weighted by atomic mass is 19.1. The molecule has 1 aromatic carbocycles. The maximum Gasteiger partial charge on any atom is 0.327 e. The summed E-state index contributed by atoms with van der Waals surface area (Å²) in [6.45, 7) is 4.66. The SMILES string of the molecule is CCOC(=O)C(C)(C(=O)OCC)c1ccc(NO)c(F)c1. The minimum absolute atomic E-state index is 0.0760. The van der Waals surface area contributed by atoms with Gasteiger partial charge in [0.15, 0.2) is 5.41 Å². The summed E-state index contributed by atoms with van der Waals surface area (Å²) >= 11 is 0. The van der Waals surface area contributed by atoms with Crippen molar-refractivity contribution in [2.45, 2.75) is 26.2 Å². The van der Waals surface area contributed by atoms with Crippen LogP contribution in [0.1, 0.15) is 26.3 Å². The van der Waals surface area contributed by atoms with E-state index in [9.17, 15) is 14.0 Å². The second-order valence-corrected chi connectivity index (χ2v) is 4.37. The first kappa shape index (κ1) is 16.9. The quantitative estimate of drug-likeness (QED) is 0.475. The first-order valence-electron chi connectivity index (χ1n) is 6.46. The summed E-state index contributed by atoms with van der Waals surface area (Å²) in [5.41, 5.74) is -0.194. The van der Waals surface area contributed by atoms with Gasteiger partial charge in [0.25, 0.3) is 0 Å². The van der Waals surface area contributed by atoms with Crippen molar-refractivity contribution in [3.8, 4) is 0 Å². The molecular formula is C14H18FNO5. The molecular weight excluding hydrogens is 281 g/mol. The number of nitrogens with one attached hydrogen (secondary N) is 1. The fourth-order valence-corrected chi connectivity index (χ4v) is 1.79. The van der Waals surface area contributed by atoms with Gasteiger partial charge in [-0.25, -0.2) is 4.39 Å². The molecule has 0 amide bonds. The van der Waals surface area contributed by atoms with Crippen molar-refractivity contribution in [1.82, 2.24) is 0 Å². The number of anilines is 1. The van der Waals surface area contributed by atoms with Crippen LogP contribution in [0.15, 0.2) is 18.2 Å². The third-order valence-electron chi connectivity index (χ3n) is 3.03. The molecule has 2 N–H and O–H groups in total. The summed E-state index contributed by atoms with van der Waals surface area (Å²) in [4.78, 5) is 24.3. The number of rotatable bonds is 6. The van der Waals surface area contributed by atoms with E-state index in [2.05, 4.69) is 0 Å². The van der Waals surface area contributed by atoms with Crippen molar-refractivity contribution in [3.63, 3.8) is 0 Å².